The molecule has 11 heavy (non-hydrogen) atoms. The number of ether oxygens (including phenoxy) is 1. The van der Waals surface area contributed by atoms with Gasteiger partial charge in [-0.3, -0.25) is 5.10 Å². The summed E-state index contributed by atoms with van der Waals surface area (Å²) in [5.74, 6) is -0.426. The van der Waals surface area contributed by atoms with E-state index in [9.17, 15) is 4.79 Å². The average Bonchev–Trinajstić information content (AvgIpc) is 2.32. The number of halogens is 1. The molecule has 0 aliphatic heterocycles. The third-order valence-corrected chi connectivity index (χ3v) is 2.10. The second kappa shape index (κ2) is 3.04. The second-order valence-electron chi connectivity index (χ2n) is 2.00. The summed E-state index contributed by atoms with van der Waals surface area (Å²) in [6.45, 7) is 1.78. The van der Waals surface area contributed by atoms with Gasteiger partial charge in [0.2, 0.25) is 0 Å². The number of aromatic amines is 1. The SMILES string of the molecule is COC(=O)c1n[nH]c(Br)c1C. The van der Waals surface area contributed by atoms with Crippen molar-refractivity contribution >= 4 is 21.9 Å². The molecule has 0 spiro atoms. The lowest BCUT2D eigenvalue weighted by molar-refractivity contribution is 0.0593. The van der Waals surface area contributed by atoms with Crippen molar-refractivity contribution in [2.45, 2.75) is 6.92 Å². The Hall–Kier alpha value is -0.840. The van der Waals surface area contributed by atoms with Crippen molar-refractivity contribution in [1.29, 1.82) is 0 Å². The molecule has 1 rings (SSSR count). The van der Waals surface area contributed by atoms with Gasteiger partial charge in [-0.25, -0.2) is 4.79 Å². The molecule has 0 aromatic carbocycles. The number of rotatable bonds is 1. The van der Waals surface area contributed by atoms with E-state index in [1.165, 1.54) is 7.11 Å². The molecule has 0 saturated carbocycles. The molecule has 1 heterocycles. The fourth-order valence-electron chi connectivity index (χ4n) is 0.672. The van der Waals surface area contributed by atoms with Gasteiger partial charge in [-0.1, -0.05) is 0 Å². The van der Waals surface area contributed by atoms with Gasteiger partial charge in [0.1, 0.15) is 4.60 Å². The molecule has 0 atom stereocenters. The first-order valence-corrected chi connectivity index (χ1v) is 3.75. The van der Waals surface area contributed by atoms with Crippen LogP contribution in [0.5, 0.6) is 0 Å². The quantitative estimate of drug-likeness (QED) is 0.723. The van der Waals surface area contributed by atoms with Gasteiger partial charge in [0.05, 0.1) is 7.11 Å². The van der Waals surface area contributed by atoms with Crippen molar-refractivity contribution in [1.82, 2.24) is 10.2 Å². The van der Waals surface area contributed by atoms with E-state index in [-0.39, 0.29) is 0 Å². The standard InChI is InChI=1S/C6H7BrN2O2/c1-3-4(6(10)11-2)8-9-5(3)7/h1-2H3,(H,8,9). The summed E-state index contributed by atoms with van der Waals surface area (Å²) >= 11 is 3.19. The van der Waals surface area contributed by atoms with E-state index in [0.29, 0.717) is 10.3 Å². The average molecular weight is 219 g/mol. The third-order valence-electron chi connectivity index (χ3n) is 1.33. The van der Waals surface area contributed by atoms with E-state index in [4.69, 9.17) is 0 Å². The number of carbonyl (C=O) groups excluding carboxylic acids is 1. The molecular weight excluding hydrogens is 212 g/mol. The summed E-state index contributed by atoms with van der Waals surface area (Å²) in [6.07, 6.45) is 0. The Balaban J connectivity index is 3.04. The van der Waals surface area contributed by atoms with Gasteiger partial charge >= 0.3 is 5.97 Å². The number of aromatic nitrogens is 2. The minimum absolute atomic E-state index is 0.319. The molecule has 0 saturated heterocycles. The number of nitrogens with one attached hydrogen (secondary N) is 1. The molecule has 1 N–H and O–H groups in total. The van der Waals surface area contributed by atoms with Crippen LogP contribution in [0.1, 0.15) is 16.1 Å². The zero-order valence-corrected chi connectivity index (χ0v) is 7.73. The van der Waals surface area contributed by atoms with Crippen LogP contribution in [0.3, 0.4) is 0 Å². The minimum Gasteiger partial charge on any atom is -0.464 e. The first-order valence-electron chi connectivity index (χ1n) is 2.95. The number of hydrogen-bond acceptors (Lipinski definition) is 3. The summed E-state index contributed by atoms with van der Waals surface area (Å²) in [6, 6.07) is 0. The van der Waals surface area contributed by atoms with Gasteiger partial charge in [-0.05, 0) is 22.9 Å². The molecular formula is C6H7BrN2O2. The minimum atomic E-state index is -0.426. The van der Waals surface area contributed by atoms with Gasteiger partial charge in [0.25, 0.3) is 0 Å². The topological polar surface area (TPSA) is 55.0 Å². The smallest absolute Gasteiger partial charge is 0.358 e. The van der Waals surface area contributed by atoms with E-state index in [2.05, 4.69) is 30.9 Å². The highest BCUT2D eigenvalue weighted by Gasteiger charge is 2.14. The molecule has 1 aromatic heterocycles. The van der Waals surface area contributed by atoms with Gasteiger partial charge < -0.3 is 4.74 Å². The molecule has 0 amide bonds. The molecule has 0 aliphatic rings. The number of H-pyrrole nitrogens is 1. The highest BCUT2D eigenvalue weighted by Crippen LogP contribution is 2.15. The van der Waals surface area contributed by atoms with E-state index in [0.717, 1.165) is 5.56 Å². The van der Waals surface area contributed by atoms with Crippen LogP contribution in [0.15, 0.2) is 4.60 Å². The zero-order chi connectivity index (χ0) is 8.43. The molecule has 4 nitrogen and oxygen atoms in total. The Labute approximate surface area is 72.1 Å². The number of hydrogen-bond donors (Lipinski definition) is 1. The molecule has 0 radical (unpaired) electrons. The van der Waals surface area contributed by atoms with Crippen LogP contribution in [0.25, 0.3) is 0 Å². The van der Waals surface area contributed by atoms with Crippen molar-refractivity contribution in [3.63, 3.8) is 0 Å². The Morgan fingerprint density at radius 3 is 2.73 bits per heavy atom. The van der Waals surface area contributed by atoms with Crippen molar-refractivity contribution in [3.05, 3.63) is 15.9 Å². The Kier molecular flexibility index (Phi) is 2.28. The van der Waals surface area contributed by atoms with Crippen molar-refractivity contribution in [2.24, 2.45) is 0 Å². The first kappa shape index (κ1) is 8.26. The maximum atomic E-state index is 10.9. The number of nitrogens with zero attached hydrogens (tertiary/aromatic N) is 1. The molecule has 1 aromatic rings. The van der Waals surface area contributed by atoms with Crippen molar-refractivity contribution < 1.29 is 9.53 Å². The molecule has 5 heteroatoms. The number of esters is 1. The first-order chi connectivity index (χ1) is 5.16. The summed E-state index contributed by atoms with van der Waals surface area (Å²) < 4.78 is 5.19. The van der Waals surface area contributed by atoms with E-state index in [1.54, 1.807) is 6.92 Å². The van der Waals surface area contributed by atoms with Crippen LogP contribution in [-0.2, 0) is 4.74 Å². The summed E-state index contributed by atoms with van der Waals surface area (Å²) in [5, 5.41) is 6.36. The van der Waals surface area contributed by atoms with Crippen LogP contribution >= 0.6 is 15.9 Å². The second-order valence-corrected chi connectivity index (χ2v) is 2.80. The van der Waals surface area contributed by atoms with Gasteiger partial charge in [-0.15, -0.1) is 0 Å². The lowest BCUT2D eigenvalue weighted by atomic mass is 10.3. The zero-order valence-electron chi connectivity index (χ0n) is 6.14. The summed E-state index contributed by atoms with van der Waals surface area (Å²) in [7, 11) is 1.32. The highest BCUT2D eigenvalue weighted by atomic mass is 79.9. The van der Waals surface area contributed by atoms with Gasteiger partial charge in [-0.2, -0.15) is 5.10 Å². The molecule has 0 bridgehead atoms. The van der Waals surface area contributed by atoms with Crippen molar-refractivity contribution in [2.75, 3.05) is 7.11 Å². The van der Waals surface area contributed by atoms with E-state index >= 15 is 0 Å². The van der Waals surface area contributed by atoms with Crippen LogP contribution in [0.4, 0.5) is 0 Å². The molecule has 0 unspecified atom stereocenters. The van der Waals surface area contributed by atoms with Crippen LogP contribution in [-0.4, -0.2) is 23.3 Å². The Bertz CT molecular complexity index is 282. The van der Waals surface area contributed by atoms with Gasteiger partial charge in [0.15, 0.2) is 5.69 Å². The molecule has 0 fully saturated rings. The Morgan fingerprint density at radius 2 is 2.36 bits per heavy atom. The maximum absolute atomic E-state index is 10.9. The fourth-order valence-corrected chi connectivity index (χ4v) is 0.948. The Morgan fingerprint density at radius 1 is 1.73 bits per heavy atom. The highest BCUT2D eigenvalue weighted by molar-refractivity contribution is 9.10. The van der Waals surface area contributed by atoms with Gasteiger partial charge in [0, 0.05) is 5.56 Å². The van der Waals surface area contributed by atoms with Crippen LogP contribution < -0.4 is 0 Å². The van der Waals surface area contributed by atoms with Crippen LogP contribution in [0.2, 0.25) is 0 Å². The molecule has 0 aliphatic carbocycles. The molecule has 60 valence electrons. The van der Waals surface area contributed by atoms with E-state index < -0.39 is 5.97 Å². The monoisotopic (exact) mass is 218 g/mol. The van der Waals surface area contributed by atoms with E-state index in [1.807, 2.05) is 0 Å². The number of carbonyl (C=O) groups is 1. The lowest BCUT2D eigenvalue weighted by Gasteiger charge is -1.93. The third kappa shape index (κ3) is 1.42. The van der Waals surface area contributed by atoms with Crippen LogP contribution in [0, 0.1) is 6.92 Å². The predicted molar refractivity (Wildman–Crippen MR) is 42.4 cm³/mol. The number of methoxy groups -OCH3 is 1. The predicted octanol–water partition coefficient (Wildman–Crippen LogP) is 1.27. The largest absolute Gasteiger partial charge is 0.464 e. The summed E-state index contributed by atoms with van der Waals surface area (Å²) in [5.41, 5.74) is 1.08. The fraction of sp³-hybridized carbons (Fsp3) is 0.333. The van der Waals surface area contributed by atoms with Crippen molar-refractivity contribution in [3.8, 4) is 0 Å². The lowest BCUT2D eigenvalue weighted by Crippen LogP contribution is -2.03. The summed E-state index contributed by atoms with van der Waals surface area (Å²) in [4.78, 5) is 10.9. The maximum Gasteiger partial charge on any atom is 0.358 e. The normalized spacial score (nSPS) is 9.73.